The highest BCUT2D eigenvalue weighted by Gasteiger charge is 2.05. The number of rotatable bonds is 8. The zero-order chi connectivity index (χ0) is 12.5. The summed E-state index contributed by atoms with van der Waals surface area (Å²) in [5.74, 6) is 1.07. The molecule has 0 spiro atoms. The SMILES string of the molecule is CCCOc1nc(N)nc(SCCCOC)n1. The number of hydrogen-bond donors (Lipinski definition) is 1. The highest BCUT2D eigenvalue weighted by Crippen LogP contribution is 2.17. The Bertz CT molecular complexity index is 338. The Hall–Kier alpha value is -1.08. The van der Waals surface area contributed by atoms with E-state index in [9.17, 15) is 0 Å². The predicted molar refractivity (Wildman–Crippen MR) is 67.2 cm³/mol. The van der Waals surface area contributed by atoms with E-state index in [1.807, 2.05) is 6.92 Å². The van der Waals surface area contributed by atoms with Crippen molar-refractivity contribution < 1.29 is 9.47 Å². The van der Waals surface area contributed by atoms with Crippen molar-refractivity contribution in [1.29, 1.82) is 0 Å². The maximum Gasteiger partial charge on any atom is 0.322 e. The first kappa shape index (κ1) is 14.0. The molecule has 1 aromatic rings. The number of thioether (sulfide) groups is 1. The van der Waals surface area contributed by atoms with Crippen molar-refractivity contribution in [3.05, 3.63) is 0 Å². The van der Waals surface area contributed by atoms with Crippen LogP contribution in [-0.4, -0.2) is 41.0 Å². The molecule has 0 saturated heterocycles. The summed E-state index contributed by atoms with van der Waals surface area (Å²) in [6.45, 7) is 3.33. The monoisotopic (exact) mass is 258 g/mol. The van der Waals surface area contributed by atoms with Gasteiger partial charge in [-0.1, -0.05) is 18.7 Å². The third-order valence-electron chi connectivity index (χ3n) is 1.77. The average Bonchev–Trinajstić information content (AvgIpc) is 2.31. The minimum Gasteiger partial charge on any atom is -0.463 e. The summed E-state index contributed by atoms with van der Waals surface area (Å²) in [7, 11) is 1.68. The minimum absolute atomic E-state index is 0.195. The van der Waals surface area contributed by atoms with E-state index in [0.29, 0.717) is 17.8 Å². The van der Waals surface area contributed by atoms with Gasteiger partial charge in [0.15, 0.2) is 5.16 Å². The molecule has 0 bridgehead atoms. The zero-order valence-corrected chi connectivity index (χ0v) is 11.0. The van der Waals surface area contributed by atoms with Crippen LogP contribution in [0.3, 0.4) is 0 Å². The molecular formula is C10H18N4O2S. The minimum atomic E-state index is 0.195. The van der Waals surface area contributed by atoms with Gasteiger partial charge in [-0.3, -0.25) is 0 Å². The van der Waals surface area contributed by atoms with Crippen molar-refractivity contribution in [1.82, 2.24) is 15.0 Å². The Morgan fingerprint density at radius 1 is 1.24 bits per heavy atom. The van der Waals surface area contributed by atoms with E-state index in [0.717, 1.165) is 25.2 Å². The summed E-state index contributed by atoms with van der Waals surface area (Å²) >= 11 is 1.52. The second-order valence-corrected chi connectivity index (χ2v) is 4.36. The fraction of sp³-hybridized carbons (Fsp3) is 0.700. The van der Waals surface area contributed by atoms with Crippen LogP contribution >= 0.6 is 11.8 Å². The quantitative estimate of drug-likeness (QED) is 0.557. The van der Waals surface area contributed by atoms with Crippen LogP contribution in [-0.2, 0) is 4.74 Å². The summed E-state index contributed by atoms with van der Waals surface area (Å²) in [4.78, 5) is 12.1. The molecule has 17 heavy (non-hydrogen) atoms. The van der Waals surface area contributed by atoms with Crippen LogP contribution < -0.4 is 10.5 Å². The molecule has 1 aromatic heterocycles. The summed E-state index contributed by atoms with van der Waals surface area (Å²) in [6.07, 6.45) is 1.85. The van der Waals surface area contributed by atoms with Gasteiger partial charge in [0.1, 0.15) is 0 Å². The van der Waals surface area contributed by atoms with Gasteiger partial charge in [0.25, 0.3) is 0 Å². The average molecular weight is 258 g/mol. The lowest BCUT2D eigenvalue weighted by molar-refractivity contribution is 0.200. The number of nitrogens with zero attached hydrogens (tertiary/aromatic N) is 3. The van der Waals surface area contributed by atoms with Crippen molar-refractivity contribution in [3.63, 3.8) is 0 Å². The first-order valence-electron chi connectivity index (χ1n) is 5.52. The third-order valence-corrected chi connectivity index (χ3v) is 2.70. The molecule has 0 radical (unpaired) electrons. The Kier molecular flexibility index (Phi) is 6.64. The van der Waals surface area contributed by atoms with E-state index < -0.39 is 0 Å². The van der Waals surface area contributed by atoms with Crippen molar-refractivity contribution in [2.75, 3.05) is 31.8 Å². The smallest absolute Gasteiger partial charge is 0.322 e. The molecule has 0 aliphatic heterocycles. The van der Waals surface area contributed by atoms with Gasteiger partial charge in [-0.2, -0.15) is 15.0 Å². The van der Waals surface area contributed by atoms with Crippen LogP contribution in [0.2, 0.25) is 0 Å². The largest absolute Gasteiger partial charge is 0.463 e. The van der Waals surface area contributed by atoms with Gasteiger partial charge < -0.3 is 15.2 Å². The van der Waals surface area contributed by atoms with Crippen molar-refractivity contribution in [2.45, 2.75) is 24.9 Å². The van der Waals surface area contributed by atoms with Crippen molar-refractivity contribution >= 4 is 17.7 Å². The van der Waals surface area contributed by atoms with E-state index in [1.165, 1.54) is 11.8 Å². The predicted octanol–water partition coefficient (Wildman–Crippen LogP) is 1.37. The van der Waals surface area contributed by atoms with E-state index >= 15 is 0 Å². The van der Waals surface area contributed by atoms with Crippen LogP contribution in [0.15, 0.2) is 5.16 Å². The lowest BCUT2D eigenvalue weighted by Crippen LogP contribution is -2.05. The highest BCUT2D eigenvalue weighted by molar-refractivity contribution is 7.99. The molecule has 0 saturated carbocycles. The summed E-state index contributed by atoms with van der Waals surface area (Å²) < 4.78 is 10.3. The van der Waals surface area contributed by atoms with Crippen LogP contribution in [0.5, 0.6) is 6.01 Å². The molecule has 7 heteroatoms. The fourth-order valence-electron chi connectivity index (χ4n) is 1.04. The molecule has 0 amide bonds. The van der Waals surface area contributed by atoms with E-state index in [4.69, 9.17) is 15.2 Å². The third kappa shape index (κ3) is 5.69. The molecule has 0 unspecified atom stereocenters. The van der Waals surface area contributed by atoms with Crippen LogP contribution in [0.25, 0.3) is 0 Å². The first-order chi connectivity index (χ1) is 8.26. The van der Waals surface area contributed by atoms with Crippen LogP contribution in [0.1, 0.15) is 19.8 Å². The van der Waals surface area contributed by atoms with E-state index in [-0.39, 0.29) is 5.95 Å². The van der Waals surface area contributed by atoms with Gasteiger partial charge in [0.2, 0.25) is 5.95 Å². The molecule has 0 aromatic carbocycles. The Morgan fingerprint density at radius 3 is 2.76 bits per heavy atom. The first-order valence-corrected chi connectivity index (χ1v) is 6.51. The molecule has 1 heterocycles. The molecule has 0 atom stereocenters. The van der Waals surface area contributed by atoms with Gasteiger partial charge in [-0.15, -0.1) is 0 Å². The molecule has 6 nitrogen and oxygen atoms in total. The van der Waals surface area contributed by atoms with Gasteiger partial charge in [-0.25, -0.2) is 0 Å². The summed E-state index contributed by atoms with van der Waals surface area (Å²) in [5, 5.41) is 0.597. The van der Waals surface area contributed by atoms with Crippen LogP contribution in [0, 0.1) is 0 Å². The molecule has 1 rings (SSSR count). The number of methoxy groups -OCH3 is 1. The highest BCUT2D eigenvalue weighted by atomic mass is 32.2. The number of aromatic nitrogens is 3. The Balaban J connectivity index is 2.50. The fourth-order valence-corrected chi connectivity index (χ4v) is 1.79. The summed E-state index contributed by atoms with van der Waals surface area (Å²) in [5.41, 5.74) is 5.58. The number of anilines is 1. The Morgan fingerprint density at radius 2 is 2.06 bits per heavy atom. The van der Waals surface area contributed by atoms with E-state index in [2.05, 4.69) is 15.0 Å². The van der Waals surface area contributed by atoms with Crippen molar-refractivity contribution in [3.8, 4) is 6.01 Å². The molecular weight excluding hydrogens is 240 g/mol. The molecule has 96 valence electrons. The van der Waals surface area contributed by atoms with E-state index in [1.54, 1.807) is 7.11 Å². The number of ether oxygens (including phenoxy) is 2. The lowest BCUT2D eigenvalue weighted by Gasteiger charge is -2.05. The normalized spacial score (nSPS) is 10.5. The lowest BCUT2D eigenvalue weighted by atomic mass is 10.5. The zero-order valence-electron chi connectivity index (χ0n) is 10.2. The molecule has 0 fully saturated rings. The molecule has 0 aliphatic rings. The Labute approximate surface area is 105 Å². The van der Waals surface area contributed by atoms with Crippen LogP contribution in [0.4, 0.5) is 5.95 Å². The van der Waals surface area contributed by atoms with Crippen molar-refractivity contribution in [2.24, 2.45) is 0 Å². The van der Waals surface area contributed by atoms with Gasteiger partial charge >= 0.3 is 6.01 Å². The van der Waals surface area contributed by atoms with Gasteiger partial charge in [-0.05, 0) is 12.8 Å². The topological polar surface area (TPSA) is 83.2 Å². The van der Waals surface area contributed by atoms with Gasteiger partial charge in [0.05, 0.1) is 6.61 Å². The standard InChI is InChI=1S/C10H18N4O2S/c1-3-5-16-9-12-8(11)13-10(14-9)17-7-4-6-15-2/h3-7H2,1-2H3,(H2,11,12,13,14). The molecule has 2 N–H and O–H groups in total. The second kappa shape index (κ2) is 8.08. The molecule has 0 aliphatic carbocycles. The maximum atomic E-state index is 5.58. The number of nitrogen functional groups attached to an aromatic ring is 1. The second-order valence-electron chi connectivity index (χ2n) is 3.30. The maximum absolute atomic E-state index is 5.58. The summed E-state index contributed by atoms with van der Waals surface area (Å²) in [6, 6.07) is 0.300. The number of hydrogen-bond acceptors (Lipinski definition) is 7. The van der Waals surface area contributed by atoms with Gasteiger partial charge in [0, 0.05) is 19.5 Å². The number of nitrogens with two attached hydrogens (primary N) is 1.